The first-order valence-corrected chi connectivity index (χ1v) is 9.26. The highest BCUT2D eigenvalue weighted by Crippen LogP contribution is 2.27. The number of carbonyl (C=O) groups is 1. The van der Waals surface area contributed by atoms with E-state index in [4.69, 9.17) is 9.47 Å². The van der Waals surface area contributed by atoms with Gasteiger partial charge in [0.15, 0.2) is 0 Å². The Balaban J connectivity index is 1.33. The van der Waals surface area contributed by atoms with Gasteiger partial charge in [0.1, 0.15) is 6.10 Å². The third-order valence-electron chi connectivity index (χ3n) is 4.85. The lowest BCUT2D eigenvalue weighted by Gasteiger charge is -2.29. The fraction of sp³-hybridized carbons (Fsp3) is 0.350. The summed E-state index contributed by atoms with van der Waals surface area (Å²) in [7, 11) is 1.54. The second-order valence-electron chi connectivity index (χ2n) is 6.70. The van der Waals surface area contributed by atoms with Gasteiger partial charge in [-0.25, -0.2) is 9.97 Å². The van der Waals surface area contributed by atoms with Crippen LogP contribution in [0.15, 0.2) is 43.0 Å². The Hall–Kier alpha value is -3.29. The zero-order valence-electron chi connectivity index (χ0n) is 15.5. The lowest BCUT2D eigenvalue weighted by atomic mass is 9.92. The topological polar surface area (TPSA) is 99.1 Å². The number of carbonyl (C=O) groups excluding carboxylic acids is 1. The van der Waals surface area contributed by atoms with Gasteiger partial charge in [0.25, 0.3) is 17.7 Å². The smallest absolute Gasteiger partial charge is 0.278 e. The van der Waals surface area contributed by atoms with Crippen molar-refractivity contribution in [1.29, 1.82) is 0 Å². The lowest BCUT2D eigenvalue weighted by molar-refractivity contribution is 0.0886. The predicted molar refractivity (Wildman–Crippen MR) is 102 cm³/mol. The van der Waals surface area contributed by atoms with Gasteiger partial charge in [0, 0.05) is 36.4 Å². The molecule has 1 N–H and O–H groups in total. The van der Waals surface area contributed by atoms with Crippen LogP contribution in [0.3, 0.4) is 0 Å². The van der Waals surface area contributed by atoms with Crippen LogP contribution in [0.5, 0.6) is 11.8 Å². The van der Waals surface area contributed by atoms with Crippen LogP contribution in [0.2, 0.25) is 0 Å². The van der Waals surface area contributed by atoms with Crippen molar-refractivity contribution in [2.45, 2.75) is 37.8 Å². The Kier molecular flexibility index (Phi) is 5.27. The maximum atomic E-state index is 12.6. The maximum absolute atomic E-state index is 12.6. The van der Waals surface area contributed by atoms with Gasteiger partial charge in [0.2, 0.25) is 0 Å². The molecule has 2 heterocycles. The second-order valence-corrected chi connectivity index (χ2v) is 6.70. The molecule has 1 saturated carbocycles. The van der Waals surface area contributed by atoms with Gasteiger partial charge in [-0.2, -0.15) is 0 Å². The lowest BCUT2D eigenvalue weighted by Crippen LogP contribution is -2.39. The minimum atomic E-state index is -0.0903. The first-order valence-electron chi connectivity index (χ1n) is 9.26. The van der Waals surface area contributed by atoms with E-state index in [1.165, 1.54) is 0 Å². The Morgan fingerprint density at radius 1 is 0.929 bits per heavy atom. The van der Waals surface area contributed by atoms with Gasteiger partial charge >= 0.3 is 0 Å². The van der Waals surface area contributed by atoms with Crippen LogP contribution < -0.4 is 14.8 Å². The number of aromatic nitrogens is 4. The number of benzene rings is 1. The van der Waals surface area contributed by atoms with Crippen LogP contribution in [-0.4, -0.2) is 45.1 Å². The molecule has 0 atom stereocenters. The monoisotopic (exact) mass is 379 g/mol. The molecule has 8 nitrogen and oxygen atoms in total. The molecule has 1 aliphatic carbocycles. The van der Waals surface area contributed by atoms with E-state index in [1.807, 2.05) is 6.07 Å². The van der Waals surface area contributed by atoms with Crippen molar-refractivity contribution < 1.29 is 14.3 Å². The van der Waals surface area contributed by atoms with Crippen LogP contribution in [0.25, 0.3) is 11.0 Å². The molecule has 28 heavy (non-hydrogen) atoms. The van der Waals surface area contributed by atoms with Crippen molar-refractivity contribution in [1.82, 2.24) is 25.3 Å². The number of methoxy groups -OCH3 is 1. The molecule has 1 aliphatic rings. The SMILES string of the molecule is COc1nccnc1OC1CCC(NC(=O)c2ccc3nccnc3c2)CC1. The Bertz CT molecular complexity index is 973. The Morgan fingerprint density at radius 3 is 2.36 bits per heavy atom. The number of nitrogens with one attached hydrogen (secondary N) is 1. The van der Waals surface area contributed by atoms with E-state index in [9.17, 15) is 4.79 Å². The quantitative estimate of drug-likeness (QED) is 0.727. The van der Waals surface area contributed by atoms with Crippen molar-refractivity contribution in [2.24, 2.45) is 0 Å². The third kappa shape index (κ3) is 4.00. The number of ether oxygens (including phenoxy) is 2. The first-order chi connectivity index (χ1) is 13.7. The van der Waals surface area contributed by atoms with E-state index in [0.717, 1.165) is 31.2 Å². The van der Waals surface area contributed by atoms with Gasteiger partial charge in [-0.15, -0.1) is 0 Å². The molecule has 2 aromatic heterocycles. The minimum absolute atomic E-state index is 0.0368. The highest BCUT2D eigenvalue weighted by atomic mass is 16.5. The zero-order chi connectivity index (χ0) is 19.3. The van der Waals surface area contributed by atoms with Crippen LogP contribution in [-0.2, 0) is 0 Å². The largest absolute Gasteiger partial charge is 0.477 e. The zero-order valence-corrected chi connectivity index (χ0v) is 15.5. The summed E-state index contributed by atoms with van der Waals surface area (Å²) in [6.07, 6.45) is 9.78. The molecule has 3 aromatic rings. The molecule has 0 unspecified atom stereocenters. The van der Waals surface area contributed by atoms with Gasteiger partial charge < -0.3 is 14.8 Å². The minimum Gasteiger partial charge on any atom is -0.477 e. The van der Waals surface area contributed by atoms with E-state index in [0.29, 0.717) is 22.8 Å². The summed E-state index contributed by atoms with van der Waals surface area (Å²) in [5.41, 5.74) is 2.08. The van der Waals surface area contributed by atoms with E-state index in [-0.39, 0.29) is 18.1 Å². The van der Waals surface area contributed by atoms with E-state index in [1.54, 1.807) is 44.0 Å². The van der Waals surface area contributed by atoms with Crippen molar-refractivity contribution in [3.8, 4) is 11.8 Å². The Labute approximate surface area is 162 Å². The number of rotatable bonds is 5. The molecule has 0 spiro atoms. The number of nitrogens with zero attached hydrogens (tertiary/aromatic N) is 4. The molecule has 144 valence electrons. The van der Waals surface area contributed by atoms with Crippen molar-refractivity contribution in [3.63, 3.8) is 0 Å². The van der Waals surface area contributed by atoms with Gasteiger partial charge in [-0.05, 0) is 43.9 Å². The first kappa shape index (κ1) is 18.1. The van der Waals surface area contributed by atoms with Crippen molar-refractivity contribution in [2.75, 3.05) is 7.11 Å². The van der Waals surface area contributed by atoms with E-state index < -0.39 is 0 Å². The highest BCUT2D eigenvalue weighted by Gasteiger charge is 2.25. The molecular formula is C20H21N5O3. The normalized spacial score (nSPS) is 19.2. The van der Waals surface area contributed by atoms with E-state index >= 15 is 0 Å². The molecule has 0 bridgehead atoms. The number of fused-ring (bicyclic) bond motifs is 1. The summed E-state index contributed by atoms with van der Waals surface area (Å²) >= 11 is 0. The standard InChI is InChI=1S/C20H21N5O3/c1-27-19-20(24-11-10-23-19)28-15-5-3-14(4-6-15)25-18(26)13-2-7-16-17(12-13)22-9-8-21-16/h2,7-12,14-15H,3-6H2,1H3,(H,25,26). The van der Waals surface area contributed by atoms with Gasteiger partial charge in [-0.1, -0.05) is 0 Å². The molecule has 0 aliphatic heterocycles. The van der Waals surface area contributed by atoms with Crippen LogP contribution >= 0.6 is 0 Å². The fourth-order valence-electron chi connectivity index (χ4n) is 3.39. The Morgan fingerprint density at radius 2 is 1.61 bits per heavy atom. The molecule has 1 aromatic carbocycles. The molecule has 4 rings (SSSR count). The van der Waals surface area contributed by atoms with Crippen molar-refractivity contribution in [3.05, 3.63) is 48.5 Å². The number of amides is 1. The predicted octanol–water partition coefficient (Wildman–Crippen LogP) is 2.55. The third-order valence-corrected chi connectivity index (χ3v) is 4.85. The summed E-state index contributed by atoms with van der Waals surface area (Å²) in [5.74, 6) is 0.708. The average Bonchev–Trinajstić information content (AvgIpc) is 2.75. The molecule has 1 amide bonds. The second kappa shape index (κ2) is 8.16. The van der Waals surface area contributed by atoms with Crippen molar-refractivity contribution >= 4 is 16.9 Å². The average molecular weight is 379 g/mol. The molecule has 1 fully saturated rings. The highest BCUT2D eigenvalue weighted by molar-refractivity contribution is 5.97. The van der Waals surface area contributed by atoms with Crippen LogP contribution in [0.4, 0.5) is 0 Å². The molecule has 8 heteroatoms. The summed E-state index contributed by atoms with van der Waals surface area (Å²) in [6.45, 7) is 0. The summed E-state index contributed by atoms with van der Waals surface area (Å²) in [4.78, 5) is 29.3. The van der Waals surface area contributed by atoms with Gasteiger partial charge in [-0.3, -0.25) is 14.8 Å². The van der Waals surface area contributed by atoms with Crippen LogP contribution in [0.1, 0.15) is 36.0 Å². The number of hydrogen-bond donors (Lipinski definition) is 1. The van der Waals surface area contributed by atoms with E-state index in [2.05, 4.69) is 25.3 Å². The molecular weight excluding hydrogens is 358 g/mol. The summed E-state index contributed by atoms with van der Waals surface area (Å²) in [6, 6.07) is 5.48. The molecule has 0 saturated heterocycles. The maximum Gasteiger partial charge on any atom is 0.278 e. The van der Waals surface area contributed by atoms with Crippen LogP contribution in [0, 0.1) is 0 Å². The molecule has 0 radical (unpaired) electrons. The summed E-state index contributed by atoms with van der Waals surface area (Å²) < 4.78 is 11.1. The fourth-order valence-corrected chi connectivity index (χ4v) is 3.39. The van der Waals surface area contributed by atoms with Gasteiger partial charge in [0.05, 0.1) is 18.1 Å². The number of hydrogen-bond acceptors (Lipinski definition) is 7. The summed E-state index contributed by atoms with van der Waals surface area (Å²) in [5, 5.41) is 3.11.